The van der Waals surface area contributed by atoms with Crippen molar-refractivity contribution in [3.05, 3.63) is 29.1 Å². The van der Waals surface area contributed by atoms with E-state index in [-0.39, 0.29) is 0 Å². The van der Waals surface area contributed by atoms with E-state index in [1.807, 2.05) is 0 Å². The van der Waals surface area contributed by atoms with Crippen LogP contribution in [0.2, 0.25) is 0 Å². The lowest BCUT2D eigenvalue weighted by atomic mass is 9.94. The SMILES string of the molecule is Cc1cc(C(C)C)c2c(C(C)C)cn(C)c2n1. The second-order valence-electron chi connectivity index (χ2n) is 5.56. The number of hydrogen-bond donors (Lipinski definition) is 0. The van der Waals surface area contributed by atoms with Gasteiger partial charge < -0.3 is 4.57 Å². The Morgan fingerprint density at radius 3 is 2.18 bits per heavy atom. The monoisotopic (exact) mass is 230 g/mol. The van der Waals surface area contributed by atoms with Crippen molar-refractivity contribution in [2.24, 2.45) is 7.05 Å². The van der Waals surface area contributed by atoms with Crippen molar-refractivity contribution in [2.75, 3.05) is 0 Å². The molecule has 2 heterocycles. The minimum Gasteiger partial charge on any atom is -0.335 e. The fourth-order valence-corrected chi connectivity index (χ4v) is 2.46. The summed E-state index contributed by atoms with van der Waals surface area (Å²) in [6, 6.07) is 2.24. The van der Waals surface area contributed by atoms with Gasteiger partial charge in [0.25, 0.3) is 0 Å². The van der Waals surface area contributed by atoms with E-state index in [1.165, 1.54) is 16.5 Å². The molecule has 17 heavy (non-hydrogen) atoms. The van der Waals surface area contributed by atoms with E-state index in [1.54, 1.807) is 0 Å². The lowest BCUT2D eigenvalue weighted by Gasteiger charge is -2.12. The van der Waals surface area contributed by atoms with Crippen LogP contribution in [0.3, 0.4) is 0 Å². The molecule has 0 atom stereocenters. The van der Waals surface area contributed by atoms with Crippen molar-refractivity contribution in [1.29, 1.82) is 0 Å². The average Bonchev–Trinajstić information content (AvgIpc) is 2.55. The molecule has 0 saturated carbocycles. The quantitative estimate of drug-likeness (QED) is 0.758. The van der Waals surface area contributed by atoms with Crippen LogP contribution in [-0.2, 0) is 7.05 Å². The van der Waals surface area contributed by atoms with Crippen LogP contribution >= 0.6 is 0 Å². The van der Waals surface area contributed by atoms with Gasteiger partial charge in [0, 0.05) is 24.3 Å². The van der Waals surface area contributed by atoms with Gasteiger partial charge in [0.15, 0.2) is 0 Å². The maximum atomic E-state index is 4.68. The molecule has 0 fully saturated rings. The molecule has 0 radical (unpaired) electrons. The normalized spacial score (nSPS) is 12.0. The Bertz CT molecular complexity index is 548. The molecule has 0 aromatic carbocycles. The molecule has 0 spiro atoms. The Hall–Kier alpha value is -1.31. The lowest BCUT2D eigenvalue weighted by Crippen LogP contribution is -1.97. The van der Waals surface area contributed by atoms with Crippen molar-refractivity contribution >= 4 is 11.0 Å². The predicted molar refractivity (Wildman–Crippen MR) is 73.6 cm³/mol. The van der Waals surface area contributed by atoms with Gasteiger partial charge in [0.05, 0.1) is 0 Å². The number of rotatable bonds is 2. The Morgan fingerprint density at radius 1 is 1.06 bits per heavy atom. The number of fused-ring (bicyclic) bond motifs is 1. The third-order valence-electron chi connectivity index (χ3n) is 3.36. The molecule has 0 N–H and O–H groups in total. The molecule has 2 aromatic rings. The molecule has 92 valence electrons. The van der Waals surface area contributed by atoms with E-state index in [9.17, 15) is 0 Å². The summed E-state index contributed by atoms with van der Waals surface area (Å²) in [4.78, 5) is 4.68. The van der Waals surface area contributed by atoms with E-state index in [0.717, 1.165) is 11.3 Å². The first-order valence-electron chi connectivity index (χ1n) is 6.38. The van der Waals surface area contributed by atoms with Crippen molar-refractivity contribution in [3.8, 4) is 0 Å². The molecule has 0 unspecified atom stereocenters. The average molecular weight is 230 g/mol. The smallest absolute Gasteiger partial charge is 0.140 e. The van der Waals surface area contributed by atoms with Crippen molar-refractivity contribution < 1.29 is 0 Å². The van der Waals surface area contributed by atoms with Gasteiger partial charge in [-0.25, -0.2) is 4.98 Å². The van der Waals surface area contributed by atoms with E-state index in [4.69, 9.17) is 0 Å². The molecule has 0 aliphatic heterocycles. The second kappa shape index (κ2) is 4.17. The summed E-state index contributed by atoms with van der Waals surface area (Å²) in [6.45, 7) is 11.1. The summed E-state index contributed by atoms with van der Waals surface area (Å²) in [6.07, 6.45) is 2.23. The van der Waals surface area contributed by atoms with E-state index < -0.39 is 0 Å². The minimum absolute atomic E-state index is 0.541. The molecule has 2 heteroatoms. The molecule has 0 amide bonds. The van der Waals surface area contributed by atoms with Gasteiger partial charge in [0.2, 0.25) is 0 Å². The van der Waals surface area contributed by atoms with Crippen molar-refractivity contribution in [3.63, 3.8) is 0 Å². The first-order chi connectivity index (χ1) is 7.91. The zero-order chi connectivity index (χ0) is 12.7. The second-order valence-corrected chi connectivity index (χ2v) is 5.56. The van der Waals surface area contributed by atoms with Crippen LogP contribution in [0, 0.1) is 6.92 Å². The minimum atomic E-state index is 0.541. The highest BCUT2D eigenvalue weighted by atomic mass is 15.0. The highest BCUT2D eigenvalue weighted by molar-refractivity contribution is 5.85. The Labute approximate surface area is 104 Å². The van der Waals surface area contributed by atoms with Gasteiger partial charge in [-0.3, -0.25) is 0 Å². The Balaban J connectivity index is 2.88. The number of aryl methyl sites for hydroxylation is 2. The molecule has 2 aromatic heterocycles. The molecule has 0 saturated heterocycles. The molecule has 0 aliphatic rings. The fourth-order valence-electron chi connectivity index (χ4n) is 2.46. The van der Waals surface area contributed by atoms with Gasteiger partial charge in [-0.15, -0.1) is 0 Å². The molecule has 2 nitrogen and oxygen atoms in total. The van der Waals surface area contributed by atoms with Gasteiger partial charge >= 0.3 is 0 Å². The van der Waals surface area contributed by atoms with Crippen LogP contribution in [0.4, 0.5) is 0 Å². The number of hydrogen-bond acceptors (Lipinski definition) is 1. The first kappa shape index (κ1) is 12.2. The highest BCUT2D eigenvalue weighted by Gasteiger charge is 2.16. The van der Waals surface area contributed by atoms with Gasteiger partial charge in [-0.2, -0.15) is 0 Å². The standard InChI is InChI=1S/C15H22N2/c1-9(2)12-7-11(5)16-15-14(12)13(10(3)4)8-17(15)6/h7-10H,1-6H3. The van der Waals surface area contributed by atoms with Gasteiger partial charge in [-0.1, -0.05) is 27.7 Å². The van der Waals surface area contributed by atoms with E-state index >= 15 is 0 Å². The maximum absolute atomic E-state index is 4.68. The summed E-state index contributed by atoms with van der Waals surface area (Å²) < 4.78 is 2.16. The maximum Gasteiger partial charge on any atom is 0.140 e. The largest absolute Gasteiger partial charge is 0.335 e. The summed E-state index contributed by atoms with van der Waals surface area (Å²) in [5, 5.41) is 1.36. The summed E-state index contributed by atoms with van der Waals surface area (Å²) in [5.41, 5.74) is 5.07. The first-order valence-corrected chi connectivity index (χ1v) is 6.38. The number of nitrogens with zero attached hydrogens (tertiary/aromatic N) is 2. The highest BCUT2D eigenvalue weighted by Crippen LogP contribution is 2.32. The van der Waals surface area contributed by atoms with Gasteiger partial charge in [-0.05, 0) is 36.0 Å². The molecular weight excluding hydrogens is 208 g/mol. The molecular formula is C15H22N2. The third-order valence-corrected chi connectivity index (χ3v) is 3.36. The summed E-state index contributed by atoms with van der Waals surface area (Å²) in [7, 11) is 2.09. The summed E-state index contributed by atoms with van der Waals surface area (Å²) in [5.74, 6) is 1.08. The predicted octanol–water partition coefficient (Wildman–Crippen LogP) is 4.13. The summed E-state index contributed by atoms with van der Waals surface area (Å²) >= 11 is 0. The molecule has 0 bridgehead atoms. The van der Waals surface area contributed by atoms with Crippen LogP contribution in [0.15, 0.2) is 12.3 Å². The van der Waals surface area contributed by atoms with E-state index in [2.05, 4.69) is 63.5 Å². The lowest BCUT2D eigenvalue weighted by molar-refractivity contribution is 0.848. The van der Waals surface area contributed by atoms with Crippen molar-refractivity contribution in [1.82, 2.24) is 9.55 Å². The number of aromatic nitrogens is 2. The Morgan fingerprint density at radius 2 is 1.65 bits per heavy atom. The van der Waals surface area contributed by atoms with Crippen LogP contribution < -0.4 is 0 Å². The van der Waals surface area contributed by atoms with E-state index in [0.29, 0.717) is 11.8 Å². The van der Waals surface area contributed by atoms with Crippen LogP contribution in [0.1, 0.15) is 56.4 Å². The molecule has 0 aliphatic carbocycles. The van der Waals surface area contributed by atoms with Crippen LogP contribution in [-0.4, -0.2) is 9.55 Å². The van der Waals surface area contributed by atoms with Crippen molar-refractivity contribution in [2.45, 2.75) is 46.5 Å². The number of pyridine rings is 1. The third kappa shape index (κ3) is 1.97. The van der Waals surface area contributed by atoms with Crippen LogP contribution in [0.25, 0.3) is 11.0 Å². The fraction of sp³-hybridized carbons (Fsp3) is 0.533. The van der Waals surface area contributed by atoms with Gasteiger partial charge in [0.1, 0.15) is 5.65 Å². The molecule has 2 rings (SSSR count). The zero-order valence-corrected chi connectivity index (χ0v) is 11.7. The Kier molecular flexibility index (Phi) is 2.98. The topological polar surface area (TPSA) is 17.8 Å². The van der Waals surface area contributed by atoms with Crippen LogP contribution in [0.5, 0.6) is 0 Å². The zero-order valence-electron chi connectivity index (χ0n) is 11.7.